The highest BCUT2D eigenvalue weighted by Crippen LogP contribution is 2.28. The van der Waals surface area contributed by atoms with E-state index in [4.69, 9.17) is 0 Å². The van der Waals surface area contributed by atoms with Gasteiger partial charge in [-0.1, -0.05) is 12.1 Å². The number of hydrogen-bond acceptors (Lipinski definition) is 2. The Balaban J connectivity index is 2.50. The summed E-state index contributed by atoms with van der Waals surface area (Å²) in [6.07, 6.45) is 0.691. The largest absolute Gasteiger partial charge is 0.341 e. The molecule has 0 fully saturated rings. The Labute approximate surface area is 112 Å². The second kappa shape index (κ2) is 5.65. The Hall–Kier alpha value is -2.16. The first-order chi connectivity index (χ1) is 9.15. The zero-order chi connectivity index (χ0) is 13.8. The summed E-state index contributed by atoms with van der Waals surface area (Å²) in [5.74, 6) is -0.397. The first-order valence-corrected chi connectivity index (χ1v) is 6.24. The van der Waals surface area contributed by atoms with Crippen molar-refractivity contribution < 1.29 is 9.18 Å². The predicted molar refractivity (Wildman–Crippen MR) is 75.6 cm³/mol. The number of halogens is 1. The van der Waals surface area contributed by atoms with Crippen molar-refractivity contribution in [1.82, 2.24) is 0 Å². The van der Waals surface area contributed by atoms with Crippen molar-refractivity contribution in [3.05, 3.63) is 59.4 Å². The SMILES string of the molecule is CCN(c1cccc(C)c1)c1ccc(F)cc1C=O. The van der Waals surface area contributed by atoms with Crippen LogP contribution in [0, 0.1) is 12.7 Å². The molecule has 0 spiro atoms. The number of rotatable bonds is 4. The van der Waals surface area contributed by atoms with E-state index in [9.17, 15) is 9.18 Å². The van der Waals surface area contributed by atoms with Gasteiger partial charge in [-0.25, -0.2) is 4.39 Å². The highest BCUT2D eigenvalue weighted by atomic mass is 19.1. The molecule has 0 heterocycles. The third-order valence-electron chi connectivity index (χ3n) is 3.04. The van der Waals surface area contributed by atoms with Crippen LogP contribution >= 0.6 is 0 Å². The summed E-state index contributed by atoms with van der Waals surface area (Å²) in [5.41, 5.74) is 3.23. The fourth-order valence-corrected chi connectivity index (χ4v) is 2.15. The Kier molecular flexibility index (Phi) is 3.95. The fourth-order valence-electron chi connectivity index (χ4n) is 2.15. The van der Waals surface area contributed by atoms with Crippen molar-refractivity contribution in [2.24, 2.45) is 0 Å². The van der Waals surface area contributed by atoms with Crippen LogP contribution in [0.2, 0.25) is 0 Å². The Morgan fingerprint density at radius 2 is 2.00 bits per heavy atom. The minimum atomic E-state index is -0.397. The predicted octanol–water partition coefficient (Wildman–Crippen LogP) is 4.10. The van der Waals surface area contributed by atoms with Gasteiger partial charge in [0.25, 0.3) is 0 Å². The highest BCUT2D eigenvalue weighted by Gasteiger charge is 2.12. The van der Waals surface area contributed by atoms with Gasteiger partial charge in [0.2, 0.25) is 0 Å². The van der Waals surface area contributed by atoms with Gasteiger partial charge in [0, 0.05) is 17.8 Å². The van der Waals surface area contributed by atoms with Crippen LogP contribution < -0.4 is 4.90 Å². The van der Waals surface area contributed by atoms with Crippen LogP contribution in [0.4, 0.5) is 15.8 Å². The molecule has 0 aliphatic rings. The number of carbonyl (C=O) groups excluding carboxylic acids is 1. The maximum absolute atomic E-state index is 13.2. The van der Waals surface area contributed by atoms with E-state index in [2.05, 4.69) is 0 Å². The summed E-state index contributed by atoms with van der Waals surface area (Å²) in [4.78, 5) is 13.1. The molecule has 2 aromatic rings. The van der Waals surface area contributed by atoms with Crippen LogP contribution in [0.1, 0.15) is 22.8 Å². The molecular weight excluding hydrogens is 241 g/mol. The van der Waals surface area contributed by atoms with Crippen molar-refractivity contribution in [3.63, 3.8) is 0 Å². The van der Waals surface area contributed by atoms with E-state index in [-0.39, 0.29) is 0 Å². The van der Waals surface area contributed by atoms with Crippen LogP contribution in [0.5, 0.6) is 0 Å². The fraction of sp³-hybridized carbons (Fsp3) is 0.188. The summed E-state index contributed by atoms with van der Waals surface area (Å²) >= 11 is 0. The van der Waals surface area contributed by atoms with Gasteiger partial charge >= 0.3 is 0 Å². The zero-order valence-corrected chi connectivity index (χ0v) is 11.1. The molecule has 0 saturated heterocycles. The molecule has 0 saturated carbocycles. The highest BCUT2D eigenvalue weighted by molar-refractivity contribution is 5.86. The second-order valence-corrected chi connectivity index (χ2v) is 4.40. The normalized spacial score (nSPS) is 10.3. The number of hydrogen-bond donors (Lipinski definition) is 0. The average Bonchev–Trinajstić information content (AvgIpc) is 2.41. The number of anilines is 2. The molecule has 98 valence electrons. The van der Waals surface area contributed by atoms with E-state index in [1.165, 1.54) is 12.1 Å². The van der Waals surface area contributed by atoms with E-state index in [1.807, 2.05) is 43.0 Å². The van der Waals surface area contributed by atoms with Gasteiger partial charge in [0.05, 0.1) is 5.69 Å². The maximum Gasteiger partial charge on any atom is 0.152 e. The summed E-state index contributed by atoms with van der Waals surface area (Å²) in [5, 5.41) is 0. The molecular formula is C16H16FNO. The van der Waals surface area contributed by atoms with Crippen LogP contribution in [0.15, 0.2) is 42.5 Å². The third kappa shape index (κ3) is 2.81. The molecule has 3 heteroatoms. The molecule has 0 aliphatic carbocycles. The summed E-state index contributed by atoms with van der Waals surface area (Å²) in [6.45, 7) is 4.72. The van der Waals surface area contributed by atoms with Crippen molar-refractivity contribution >= 4 is 17.7 Å². The standard InChI is InChI=1S/C16H16FNO/c1-3-18(15-6-4-5-12(2)9-15)16-8-7-14(17)10-13(16)11-19/h4-11H,3H2,1-2H3. The van der Waals surface area contributed by atoms with Crippen molar-refractivity contribution in [1.29, 1.82) is 0 Å². The number of aryl methyl sites for hydroxylation is 1. The molecule has 0 unspecified atom stereocenters. The van der Waals surface area contributed by atoms with Crippen LogP contribution in [0.3, 0.4) is 0 Å². The minimum absolute atomic E-state index is 0.364. The molecule has 0 bridgehead atoms. The number of carbonyl (C=O) groups is 1. The zero-order valence-electron chi connectivity index (χ0n) is 11.1. The lowest BCUT2D eigenvalue weighted by Crippen LogP contribution is -2.17. The number of benzene rings is 2. The lowest BCUT2D eigenvalue weighted by Gasteiger charge is -2.25. The summed E-state index contributed by atoms with van der Waals surface area (Å²) in [6, 6.07) is 12.3. The third-order valence-corrected chi connectivity index (χ3v) is 3.04. The van der Waals surface area contributed by atoms with E-state index in [0.717, 1.165) is 16.9 Å². The Morgan fingerprint density at radius 3 is 2.63 bits per heavy atom. The van der Waals surface area contributed by atoms with Crippen LogP contribution in [-0.2, 0) is 0 Å². The topological polar surface area (TPSA) is 20.3 Å². The monoisotopic (exact) mass is 257 g/mol. The van der Waals surface area contributed by atoms with Gasteiger partial charge in [-0.15, -0.1) is 0 Å². The van der Waals surface area contributed by atoms with Crippen molar-refractivity contribution in [3.8, 4) is 0 Å². The lowest BCUT2D eigenvalue weighted by atomic mass is 10.1. The molecule has 19 heavy (non-hydrogen) atoms. The molecule has 0 amide bonds. The molecule has 0 aliphatic heterocycles. The second-order valence-electron chi connectivity index (χ2n) is 4.40. The van der Waals surface area contributed by atoms with E-state index in [0.29, 0.717) is 18.4 Å². The smallest absolute Gasteiger partial charge is 0.152 e. The first kappa shape index (κ1) is 13.3. The van der Waals surface area contributed by atoms with E-state index < -0.39 is 5.82 Å². The molecule has 0 aromatic heterocycles. The molecule has 0 radical (unpaired) electrons. The molecule has 0 atom stereocenters. The summed E-state index contributed by atoms with van der Waals surface area (Å²) in [7, 11) is 0. The average molecular weight is 257 g/mol. The Bertz CT molecular complexity index is 595. The van der Waals surface area contributed by atoms with Gasteiger partial charge in [0.1, 0.15) is 5.82 Å². The van der Waals surface area contributed by atoms with Gasteiger partial charge in [-0.3, -0.25) is 4.79 Å². The van der Waals surface area contributed by atoms with E-state index >= 15 is 0 Å². The van der Waals surface area contributed by atoms with E-state index in [1.54, 1.807) is 6.07 Å². The lowest BCUT2D eigenvalue weighted by molar-refractivity contribution is 0.112. The minimum Gasteiger partial charge on any atom is -0.341 e. The maximum atomic E-state index is 13.2. The van der Waals surface area contributed by atoms with Gasteiger partial charge in [-0.05, 0) is 49.7 Å². The van der Waals surface area contributed by atoms with Gasteiger partial charge in [0.15, 0.2) is 6.29 Å². The molecule has 2 rings (SSSR count). The number of nitrogens with zero attached hydrogens (tertiary/aromatic N) is 1. The van der Waals surface area contributed by atoms with Crippen molar-refractivity contribution in [2.45, 2.75) is 13.8 Å². The Morgan fingerprint density at radius 1 is 1.21 bits per heavy atom. The van der Waals surface area contributed by atoms with Crippen LogP contribution in [0.25, 0.3) is 0 Å². The molecule has 0 N–H and O–H groups in total. The first-order valence-electron chi connectivity index (χ1n) is 6.24. The molecule has 2 aromatic carbocycles. The van der Waals surface area contributed by atoms with Gasteiger partial charge in [-0.2, -0.15) is 0 Å². The van der Waals surface area contributed by atoms with Crippen LogP contribution in [-0.4, -0.2) is 12.8 Å². The van der Waals surface area contributed by atoms with Crippen molar-refractivity contribution in [2.75, 3.05) is 11.4 Å². The quantitative estimate of drug-likeness (QED) is 0.768. The summed E-state index contributed by atoms with van der Waals surface area (Å²) < 4.78 is 13.2. The van der Waals surface area contributed by atoms with Gasteiger partial charge < -0.3 is 4.90 Å². The number of aldehydes is 1. The molecule has 2 nitrogen and oxygen atoms in total.